The molecule has 0 unspecified atom stereocenters. The lowest BCUT2D eigenvalue weighted by Gasteiger charge is -2.11. The topological polar surface area (TPSA) is 0 Å². The van der Waals surface area contributed by atoms with Crippen LogP contribution in [0, 0.1) is 0 Å². The molecule has 0 saturated heterocycles. The third-order valence-corrected chi connectivity index (χ3v) is 5.77. The van der Waals surface area contributed by atoms with Crippen molar-refractivity contribution in [1.82, 2.24) is 0 Å². The molecule has 3 heteroatoms. The molecule has 1 aliphatic carbocycles. The number of hydrogen-bond acceptors (Lipinski definition) is 0. The van der Waals surface area contributed by atoms with Crippen LogP contribution in [0.25, 0.3) is 0 Å². The molecule has 0 amide bonds. The quantitative estimate of drug-likeness (QED) is 0.343. The zero-order chi connectivity index (χ0) is 7.40. The smallest absolute Gasteiger partial charge is 0.150 e. The molecule has 10 heavy (non-hydrogen) atoms. The van der Waals surface area contributed by atoms with Crippen molar-refractivity contribution in [3.63, 3.8) is 0 Å². The molecule has 0 spiro atoms. The highest BCUT2D eigenvalue weighted by Crippen LogP contribution is 2.32. The SMILES string of the molecule is Cl[SiH](Cl)C1CCCCCC1. The summed E-state index contributed by atoms with van der Waals surface area (Å²) in [5.74, 6) is 0. The molecule has 60 valence electrons. The molecule has 0 atom stereocenters. The molecule has 0 aliphatic heterocycles. The van der Waals surface area contributed by atoms with Crippen molar-refractivity contribution in [2.75, 3.05) is 0 Å². The molecule has 0 heterocycles. The molecule has 0 aromatic carbocycles. The van der Waals surface area contributed by atoms with E-state index in [9.17, 15) is 0 Å². The summed E-state index contributed by atoms with van der Waals surface area (Å²) in [6.07, 6.45) is 8.09. The first-order chi connectivity index (χ1) is 4.80. The monoisotopic (exact) mass is 196 g/mol. The third-order valence-electron chi connectivity index (χ3n) is 2.26. The van der Waals surface area contributed by atoms with E-state index in [1.54, 1.807) is 0 Å². The standard InChI is InChI=1S/C7H14Cl2Si/c8-10(9)7-5-3-1-2-4-6-7/h7,10H,1-6H2. The van der Waals surface area contributed by atoms with Crippen molar-refractivity contribution < 1.29 is 0 Å². The highest BCUT2D eigenvalue weighted by Gasteiger charge is 2.19. The van der Waals surface area contributed by atoms with E-state index in [1.165, 1.54) is 38.5 Å². The maximum atomic E-state index is 5.93. The molecular weight excluding hydrogens is 183 g/mol. The largest absolute Gasteiger partial charge is 0.240 e. The van der Waals surface area contributed by atoms with Gasteiger partial charge in [0.25, 0.3) is 0 Å². The average Bonchev–Trinajstić information content (AvgIpc) is 2.12. The predicted molar refractivity (Wildman–Crippen MR) is 50.3 cm³/mol. The molecular formula is C7H14Cl2Si. The van der Waals surface area contributed by atoms with Gasteiger partial charge in [-0.2, -0.15) is 22.2 Å². The zero-order valence-electron chi connectivity index (χ0n) is 6.15. The molecule has 1 aliphatic rings. The number of halogens is 2. The first kappa shape index (κ1) is 8.89. The molecule has 1 saturated carbocycles. The van der Waals surface area contributed by atoms with E-state index < -0.39 is 7.42 Å². The van der Waals surface area contributed by atoms with Gasteiger partial charge in [0.2, 0.25) is 7.42 Å². The Balaban J connectivity index is 2.28. The molecule has 0 aromatic rings. The summed E-state index contributed by atoms with van der Waals surface area (Å²) in [5, 5.41) is 0. The Bertz CT molecular complexity index is 87.6. The van der Waals surface area contributed by atoms with Crippen molar-refractivity contribution in [1.29, 1.82) is 0 Å². The van der Waals surface area contributed by atoms with E-state index in [0.29, 0.717) is 5.54 Å². The molecule has 0 radical (unpaired) electrons. The van der Waals surface area contributed by atoms with Crippen LogP contribution < -0.4 is 0 Å². The fourth-order valence-corrected chi connectivity index (χ4v) is 4.05. The van der Waals surface area contributed by atoms with Crippen LogP contribution in [0.2, 0.25) is 5.54 Å². The van der Waals surface area contributed by atoms with Gasteiger partial charge in [-0.25, -0.2) is 0 Å². The van der Waals surface area contributed by atoms with Crippen molar-refractivity contribution in [3.05, 3.63) is 0 Å². The Morgan fingerprint density at radius 3 is 1.80 bits per heavy atom. The summed E-state index contributed by atoms with van der Waals surface area (Å²) in [5.41, 5.74) is 0.714. The Labute approximate surface area is 73.9 Å². The van der Waals surface area contributed by atoms with Gasteiger partial charge in [0, 0.05) is 0 Å². The maximum absolute atomic E-state index is 5.93. The summed E-state index contributed by atoms with van der Waals surface area (Å²) in [4.78, 5) is 0. The summed E-state index contributed by atoms with van der Waals surface area (Å²) in [6.45, 7) is 0. The van der Waals surface area contributed by atoms with Crippen LogP contribution in [0.5, 0.6) is 0 Å². The minimum atomic E-state index is -1.34. The molecule has 0 bridgehead atoms. The van der Waals surface area contributed by atoms with E-state index in [1.807, 2.05) is 0 Å². The fourth-order valence-electron chi connectivity index (χ4n) is 1.56. The first-order valence-electron chi connectivity index (χ1n) is 4.09. The third kappa shape index (κ3) is 2.81. The molecule has 1 rings (SSSR count). The van der Waals surface area contributed by atoms with Gasteiger partial charge in [-0.15, -0.1) is 0 Å². The van der Waals surface area contributed by atoms with Crippen LogP contribution in [0.3, 0.4) is 0 Å². The molecule has 0 aromatic heterocycles. The van der Waals surface area contributed by atoms with Gasteiger partial charge >= 0.3 is 0 Å². The van der Waals surface area contributed by atoms with Crippen molar-refractivity contribution in [2.24, 2.45) is 0 Å². The van der Waals surface area contributed by atoms with Crippen LogP contribution >= 0.6 is 22.2 Å². The molecule has 0 nitrogen and oxygen atoms in total. The van der Waals surface area contributed by atoms with Gasteiger partial charge in [0.1, 0.15) is 0 Å². The summed E-state index contributed by atoms with van der Waals surface area (Å²) in [7, 11) is -1.34. The van der Waals surface area contributed by atoms with Gasteiger partial charge < -0.3 is 0 Å². The Morgan fingerprint density at radius 1 is 0.900 bits per heavy atom. The number of rotatable bonds is 1. The average molecular weight is 197 g/mol. The van der Waals surface area contributed by atoms with Crippen LogP contribution in [-0.2, 0) is 0 Å². The Morgan fingerprint density at radius 2 is 1.40 bits per heavy atom. The normalized spacial score (nSPS) is 23.1. The molecule has 0 N–H and O–H groups in total. The lowest BCUT2D eigenvalue weighted by molar-refractivity contribution is 0.695. The second-order valence-electron chi connectivity index (χ2n) is 3.09. The van der Waals surface area contributed by atoms with Crippen LogP contribution in [0.15, 0.2) is 0 Å². The zero-order valence-corrected chi connectivity index (χ0v) is 8.82. The van der Waals surface area contributed by atoms with Gasteiger partial charge in [0.05, 0.1) is 0 Å². The summed E-state index contributed by atoms with van der Waals surface area (Å²) < 4.78 is 0. The van der Waals surface area contributed by atoms with Crippen LogP contribution in [-0.4, -0.2) is 7.42 Å². The fraction of sp³-hybridized carbons (Fsp3) is 1.00. The lowest BCUT2D eigenvalue weighted by Crippen LogP contribution is -2.05. The highest BCUT2D eigenvalue weighted by molar-refractivity contribution is 7.34. The Kier molecular flexibility index (Phi) is 4.12. The van der Waals surface area contributed by atoms with E-state index >= 15 is 0 Å². The lowest BCUT2D eigenvalue weighted by atomic mass is 10.2. The molecule has 1 fully saturated rings. The van der Waals surface area contributed by atoms with Gasteiger partial charge in [-0.05, 0) is 5.54 Å². The first-order valence-corrected chi connectivity index (χ1v) is 8.24. The van der Waals surface area contributed by atoms with E-state index in [0.717, 1.165) is 0 Å². The van der Waals surface area contributed by atoms with Gasteiger partial charge in [0.15, 0.2) is 0 Å². The van der Waals surface area contributed by atoms with E-state index in [-0.39, 0.29) is 0 Å². The predicted octanol–water partition coefficient (Wildman–Crippen LogP) is 3.41. The maximum Gasteiger partial charge on any atom is 0.240 e. The second-order valence-corrected chi connectivity index (χ2v) is 8.19. The van der Waals surface area contributed by atoms with Crippen molar-refractivity contribution in [2.45, 2.75) is 44.1 Å². The van der Waals surface area contributed by atoms with Crippen molar-refractivity contribution >= 4 is 29.6 Å². The summed E-state index contributed by atoms with van der Waals surface area (Å²) in [6, 6.07) is 0. The van der Waals surface area contributed by atoms with Crippen LogP contribution in [0.1, 0.15) is 38.5 Å². The van der Waals surface area contributed by atoms with Crippen molar-refractivity contribution in [3.8, 4) is 0 Å². The minimum Gasteiger partial charge on any atom is -0.150 e. The number of hydrogen-bond donors (Lipinski definition) is 0. The van der Waals surface area contributed by atoms with E-state index in [2.05, 4.69) is 0 Å². The van der Waals surface area contributed by atoms with E-state index in [4.69, 9.17) is 22.2 Å². The highest BCUT2D eigenvalue weighted by atomic mass is 35.7. The van der Waals surface area contributed by atoms with Gasteiger partial charge in [-0.1, -0.05) is 38.5 Å². The minimum absolute atomic E-state index is 0.714. The van der Waals surface area contributed by atoms with Gasteiger partial charge in [-0.3, -0.25) is 0 Å². The second kappa shape index (κ2) is 4.63. The Hall–Kier alpha value is 0.797. The summed E-state index contributed by atoms with van der Waals surface area (Å²) >= 11 is 11.9. The van der Waals surface area contributed by atoms with Crippen LogP contribution in [0.4, 0.5) is 0 Å².